The van der Waals surface area contributed by atoms with Gasteiger partial charge in [-0.3, -0.25) is 16.0 Å². The normalized spacial score (nSPS) is 20.6. The van der Waals surface area contributed by atoms with Crippen molar-refractivity contribution in [2.75, 3.05) is 36.3 Å². The first-order valence-corrected chi connectivity index (χ1v) is 13.9. The second-order valence-electron chi connectivity index (χ2n) is 9.48. The summed E-state index contributed by atoms with van der Waals surface area (Å²) in [5, 5.41) is 17.7. The first-order chi connectivity index (χ1) is 21.8. The Bertz CT molecular complexity index is 1420. The third-order valence-electron chi connectivity index (χ3n) is 6.42. The molecule has 4 N–H and O–H groups in total. The lowest BCUT2D eigenvalue weighted by Gasteiger charge is -2.43. The quantitative estimate of drug-likeness (QED) is 0.186. The van der Waals surface area contributed by atoms with Crippen LogP contribution >= 0.6 is 0 Å². The smallest absolute Gasteiger partial charge is 0.412 e. The van der Waals surface area contributed by atoms with Gasteiger partial charge in [-0.25, -0.2) is 19.2 Å². The fraction of sp³-hybridized carbons (Fsp3) is 0.290. The number of aliphatic hydroxyl groups excluding tert-OH is 1. The maximum absolute atomic E-state index is 13.0. The van der Waals surface area contributed by atoms with Crippen LogP contribution in [0.1, 0.15) is 17.3 Å². The molecule has 0 unspecified atom stereocenters. The molecule has 0 spiro atoms. The van der Waals surface area contributed by atoms with Gasteiger partial charge in [-0.1, -0.05) is 36.4 Å². The number of rotatable bonds is 10. The van der Waals surface area contributed by atoms with Crippen molar-refractivity contribution in [1.82, 2.24) is 0 Å². The molecule has 1 saturated heterocycles. The van der Waals surface area contributed by atoms with Crippen LogP contribution in [0.15, 0.2) is 84.9 Å². The van der Waals surface area contributed by atoms with E-state index in [1.807, 2.05) is 0 Å². The van der Waals surface area contributed by atoms with Crippen LogP contribution in [0.3, 0.4) is 0 Å². The Kier molecular flexibility index (Phi) is 11.7. The van der Waals surface area contributed by atoms with Crippen molar-refractivity contribution in [3.05, 3.63) is 90.5 Å². The molecule has 238 valence electrons. The van der Waals surface area contributed by atoms with Crippen molar-refractivity contribution in [2.24, 2.45) is 0 Å². The number of anilines is 3. The summed E-state index contributed by atoms with van der Waals surface area (Å²) in [4.78, 5) is 50.9. The lowest BCUT2D eigenvalue weighted by molar-refractivity contribution is -0.290. The van der Waals surface area contributed by atoms with Gasteiger partial charge >= 0.3 is 24.2 Å². The molecule has 5 atom stereocenters. The summed E-state index contributed by atoms with van der Waals surface area (Å²) in [5.74, 6) is -0.527. The Hall–Kier alpha value is -5.18. The first-order valence-electron chi connectivity index (χ1n) is 13.9. The molecule has 0 aliphatic carbocycles. The topological polar surface area (TPSA) is 180 Å². The average Bonchev–Trinajstić information content (AvgIpc) is 3.04. The first kappa shape index (κ1) is 32.7. The molecule has 3 aromatic rings. The maximum atomic E-state index is 13.0. The Labute approximate surface area is 258 Å². The summed E-state index contributed by atoms with van der Waals surface area (Å²) in [7, 11) is 1.26. The monoisotopic (exact) mass is 623 g/mol. The molecule has 0 saturated carbocycles. The van der Waals surface area contributed by atoms with Crippen LogP contribution in [0.2, 0.25) is 0 Å². The highest BCUT2D eigenvalue weighted by Gasteiger charge is 2.52. The summed E-state index contributed by atoms with van der Waals surface area (Å²) >= 11 is 0. The second kappa shape index (κ2) is 16.0. The van der Waals surface area contributed by atoms with Gasteiger partial charge in [0.2, 0.25) is 0 Å². The third-order valence-corrected chi connectivity index (χ3v) is 6.42. The number of esters is 1. The molecular weight excluding hydrogens is 590 g/mol. The van der Waals surface area contributed by atoms with Gasteiger partial charge in [0, 0.05) is 24.2 Å². The SMILES string of the molecule is CCOC(=O)c1ccc(NC(=O)O[C@H]2[C@H](OC(=O)Nc3ccccc3)[C@H](OC(=O)Nc3ccccc3)[C@@H](OC)O[C@@H]2CO)cc1. The van der Waals surface area contributed by atoms with Crippen LogP contribution in [0.25, 0.3) is 0 Å². The molecule has 1 heterocycles. The van der Waals surface area contributed by atoms with Gasteiger partial charge in [0.15, 0.2) is 24.6 Å². The van der Waals surface area contributed by atoms with Gasteiger partial charge in [0.25, 0.3) is 0 Å². The largest absolute Gasteiger partial charge is 0.462 e. The van der Waals surface area contributed by atoms with Gasteiger partial charge in [0.1, 0.15) is 6.10 Å². The Morgan fingerprint density at radius 3 is 1.62 bits per heavy atom. The summed E-state index contributed by atoms with van der Waals surface area (Å²) in [6.45, 7) is 1.20. The molecule has 0 radical (unpaired) electrons. The summed E-state index contributed by atoms with van der Waals surface area (Å²) in [5.41, 5.74) is 1.35. The van der Waals surface area contributed by atoms with E-state index in [0.717, 1.165) is 0 Å². The number of hydrogen-bond acceptors (Lipinski definition) is 11. The maximum Gasteiger partial charge on any atom is 0.412 e. The van der Waals surface area contributed by atoms with Crippen molar-refractivity contribution in [1.29, 1.82) is 0 Å². The molecule has 3 aromatic carbocycles. The number of methoxy groups -OCH3 is 1. The highest BCUT2D eigenvalue weighted by molar-refractivity contribution is 5.91. The Morgan fingerprint density at radius 1 is 0.689 bits per heavy atom. The van der Waals surface area contributed by atoms with E-state index in [4.69, 9.17) is 28.4 Å². The van der Waals surface area contributed by atoms with Gasteiger partial charge in [-0.15, -0.1) is 0 Å². The van der Waals surface area contributed by atoms with Crippen LogP contribution in [-0.2, 0) is 28.4 Å². The number of benzene rings is 3. The van der Waals surface area contributed by atoms with Crippen LogP contribution in [-0.4, -0.2) is 80.4 Å². The number of para-hydroxylation sites is 2. The zero-order valence-corrected chi connectivity index (χ0v) is 24.4. The van der Waals surface area contributed by atoms with Crippen LogP contribution in [0.5, 0.6) is 0 Å². The van der Waals surface area contributed by atoms with E-state index in [0.29, 0.717) is 11.4 Å². The molecule has 14 nitrogen and oxygen atoms in total. The molecule has 45 heavy (non-hydrogen) atoms. The minimum atomic E-state index is -1.52. The summed E-state index contributed by atoms with van der Waals surface area (Å²) in [6.07, 6.45) is -10.0. The minimum absolute atomic E-state index is 0.204. The molecule has 4 rings (SSSR count). The molecule has 1 fully saturated rings. The number of carbonyl (C=O) groups excluding carboxylic acids is 4. The summed E-state index contributed by atoms with van der Waals surface area (Å²) < 4.78 is 33.0. The van der Waals surface area contributed by atoms with Crippen molar-refractivity contribution in [3.63, 3.8) is 0 Å². The highest BCUT2D eigenvalue weighted by Crippen LogP contribution is 2.30. The molecule has 14 heteroatoms. The minimum Gasteiger partial charge on any atom is -0.462 e. The third kappa shape index (κ3) is 9.15. The average molecular weight is 624 g/mol. The molecule has 1 aliphatic heterocycles. The van der Waals surface area contributed by atoms with E-state index in [-0.39, 0.29) is 17.9 Å². The van der Waals surface area contributed by atoms with E-state index in [2.05, 4.69) is 16.0 Å². The van der Waals surface area contributed by atoms with E-state index in [1.165, 1.54) is 31.4 Å². The molecule has 1 aliphatic rings. The number of nitrogens with one attached hydrogen (secondary N) is 3. The lowest BCUT2D eigenvalue weighted by Crippen LogP contribution is -2.63. The van der Waals surface area contributed by atoms with E-state index >= 15 is 0 Å². The predicted molar refractivity (Wildman–Crippen MR) is 160 cm³/mol. The van der Waals surface area contributed by atoms with Crippen molar-refractivity contribution < 1.29 is 52.7 Å². The number of amides is 3. The number of aliphatic hydroxyl groups is 1. The van der Waals surface area contributed by atoms with Gasteiger partial charge in [-0.05, 0) is 55.5 Å². The van der Waals surface area contributed by atoms with Crippen LogP contribution in [0.4, 0.5) is 31.4 Å². The summed E-state index contributed by atoms with van der Waals surface area (Å²) in [6, 6.07) is 22.6. The fourth-order valence-electron chi connectivity index (χ4n) is 4.38. The van der Waals surface area contributed by atoms with Gasteiger partial charge < -0.3 is 33.5 Å². The standard InChI is InChI=1S/C31H33N3O11/c1-3-41-27(36)19-14-16-22(17-15-19)34-29(37)43-24-23(18-35)42-28(40-2)26(45-31(39)33-21-12-8-5-9-13-21)25(24)44-30(38)32-20-10-6-4-7-11-20/h4-17,23-26,28,35H,3,18H2,1-2H3,(H,32,38)(H,33,39)(H,34,37)/t23-,24-,25+,26+,28+/m1/s1. The molecule has 0 aromatic heterocycles. The molecular formula is C31H33N3O11. The number of carbonyl (C=O) groups is 4. The molecule has 0 bridgehead atoms. The second-order valence-corrected chi connectivity index (χ2v) is 9.48. The Morgan fingerprint density at radius 2 is 1.16 bits per heavy atom. The van der Waals surface area contributed by atoms with Crippen molar-refractivity contribution >= 4 is 41.3 Å². The highest BCUT2D eigenvalue weighted by atomic mass is 16.7. The van der Waals surface area contributed by atoms with E-state index in [9.17, 15) is 24.3 Å². The van der Waals surface area contributed by atoms with Crippen LogP contribution in [0, 0.1) is 0 Å². The van der Waals surface area contributed by atoms with Gasteiger partial charge in [-0.2, -0.15) is 0 Å². The van der Waals surface area contributed by atoms with E-state index in [1.54, 1.807) is 67.6 Å². The lowest BCUT2D eigenvalue weighted by atomic mass is 9.98. The van der Waals surface area contributed by atoms with E-state index < -0.39 is 61.6 Å². The fourth-order valence-corrected chi connectivity index (χ4v) is 4.38. The van der Waals surface area contributed by atoms with Crippen LogP contribution < -0.4 is 16.0 Å². The van der Waals surface area contributed by atoms with Crippen molar-refractivity contribution in [3.8, 4) is 0 Å². The molecule has 3 amide bonds. The number of ether oxygens (including phenoxy) is 6. The Balaban J connectivity index is 1.56. The van der Waals surface area contributed by atoms with Crippen molar-refractivity contribution in [2.45, 2.75) is 37.6 Å². The zero-order valence-electron chi connectivity index (χ0n) is 24.4. The number of hydrogen-bond donors (Lipinski definition) is 4. The van der Waals surface area contributed by atoms with Gasteiger partial charge in [0.05, 0.1) is 18.8 Å². The zero-order chi connectivity index (χ0) is 32.2. The predicted octanol–water partition coefficient (Wildman–Crippen LogP) is 4.38.